The summed E-state index contributed by atoms with van der Waals surface area (Å²) in [5.41, 5.74) is 2.40. The van der Waals surface area contributed by atoms with Gasteiger partial charge < -0.3 is 9.47 Å². The second kappa shape index (κ2) is 7.49. The number of thiophene rings is 1. The average molecular weight is 340 g/mol. The Labute approximate surface area is 145 Å². The van der Waals surface area contributed by atoms with Crippen molar-refractivity contribution >= 4 is 27.4 Å². The first-order valence-electron chi connectivity index (χ1n) is 7.93. The third-order valence-corrected chi connectivity index (χ3v) is 5.33. The Bertz CT molecular complexity index is 834. The third-order valence-electron chi connectivity index (χ3n) is 4.08. The van der Waals surface area contributed by atoms with Crippen molar-refractivity contribution in [2.75, 3.05) is 7.11 Å². The first-order chi connectivity index (χ1) is 11.7. The summed E-state index contributed by atoms with van der Waals surface area (Å²) in [6.07, 6.45) is 1.08. The maximum Gasteiger partial charge on any atom is 0.305 e. The second-order valence-corrected chi connectivity index (χ2v) is 6.79. The van der Waals surface area contributed by atoms with Crippen LogP contribution in [0.2, 0.25) is 0 Å². The van der Waals surface area contributed by atoms with E-state index in [0.717, 1.165) is 11.3 Å². The maximum atomic E-state index is 11.2. The van der Waals surface area contributed by atoms with Gasteiger partial charge in [-0.25, -0.2) is 0 Å². The fourth-order valence-corrected chi connectivity index (χ4v) is 3.74. The number of hydrogen-bond donors (Lipinski definition) is 0. The topological polar surface area (TPSA) is 35.5 Å². The van der Waals surface area contributed by atoms with E-state index in [4.69, 9.17) is 4.74 Å². The molecule has 3 aromatic rings. The minimum absolute atomic E-state index is 0.185. The fourth-order valence-electron chi connectivity index (χ4n) is 2.61. The summed E-state index contributed by atoms with van der Waals surface area (Å²) in [4.78, 5) is 12.4. The van der Waals surface area contributed by atoms with Gasteiger partial charge in [0.15, 0.2) is 0 Å². The zero-order valence-corrected chi connectivity index (χ0v) is 14.7. The van der Waals surface area contributed by atoms with E-state index in [1.54, 1.807) is 11.3 Å². The van der Waals surface area contributed by atoms with Gasteiger partial charge in [-0.15, -0.1) is 11.3 Å². The lowest BCUT2D eigenvalue weighted by molar-refractivity contribution is -0.140. The lowest BCUT2D eigenvalue weighted by atomic mass is 10.1. The number of carbonyl (C=O) groups excluding carboxylic acids is 1. The van der Waals surface area contributed by atoms with Gasteiger partial charge in [0.1, 0.15) is 12.4 Å². The van der Waals surface area contributed by atoms with Crippen molar-refractivity contribution in [2.24, 2.45) is 0 Å². The van der Waals surface area contributed by atoms with Gasteiger partial charge in [0.2, 0.25) is 0 Å². The molecule has 4 heteroatoms. The van der Waals surface area contributed by atoms with E-state index in [1.807, 2.05) is 24.3 Å². The van der Waals surface area contributed by atoms with Gasteiger partial charge in [-0.3, -0.25) is 4.79 Å². The van der Waals surface area contributed by atoms with Crippen LogP contribution in [0.4, 0.5) is 0 Å². The zero-order chi connectivity index (χ0) is 16.9. The van der Waals surface area contributed by atoms with Gasteiger partial charge in [-0.05, 0) is 48.1 Å². The van der Waals surface area contributed by atoms with E-state index in [2.05, 4.69) is 35.9 Å². The highest BCUT2D eigenvalue weighted by Gasteiger charge is 2.08. The summed E-state index contributed by atoms with van der Waals surface area (Å²) in [6.45, 7) is 2.72. The smallest absolute Gasteiger partial charge is 0.305 e. The highest BCUT2D eigenvalue weighted by Crippen LogP contribution is 2.31. The van der Waals surface area contributed by atoms with Crippen LogP contribution in [0, 0.1) is 6.92 Å². The van der Waals surface area contributed by atoms with Crippen molar-refractivity contribution in [1.29, 1.82) is 0 Å². The summed E-state index contributed by atoms with van der Waals surface area (Å²) in [6, 6.07) is 16.3. The van der Waals surface area contributed by atoms with Crippen LogP contribution in [0.15, 0.2) is 48.5 Å². The number of hydrogen-bond acceptors (Lipinski definition) is 4. The molecule has 1 heterocycles. The highest BCUT2D eigenvalue weighted by molar-refractivity contribution is 7.19. The lowest BCUT2D eigenvalue weighted by Crippen LogP contribution is -2.01. The van der Waals surface area contributed by atoms with Crippen LogP contribution in [-0.4, -0.2) is 13.1 Å². The Balaban J connectivity index is 1.61. The molecule has 24 heavy (non-hydrogen) atoms. The first kappa shape index (κ1) is 16.5. The average Bonchev–Trinajstić information content (AvgIpc) is 2.95. The van der Waals surface area contributed by atoms with Gasteiger partial charge >= 0.3 is 5.97 Å². The molecule has 0 saturated heterocycles. The Morgan fingerprint density at radius 3 is 2.54 bits per heavy atom. The maximum absolute atomic E-state index is 11.2. The standard InChI is InChI=1S/C20H20O3S/c1-14-17-5-3-4-6-18(17)24-19(14)13-23-16-10-7-15(8-11-16)9-12-20(21)22-2/h3-8,10-11H,9,12-13H2,1-2H3. The van der Waals surface area contributed by atoms with E-state index in [1.165, 1.54) is 27.6 Å². The van der Waals surface area contributed by atoms with Crippen molar-refractivity contribution in [2.45, 2.75) is 26.4 Å². The van der Waals surface area contributed by atoms with E-state index in [0.29, 0.717) is 19.4 Å². The predicted molar refractivity (Wildman–Crippen MR) is 97.7 cm³/mol. The van der Waals surface area contributed by atoms with Gasteiger partial charge in [0.05, 0.1) is 7.11 Å². The van der Waals surface area contributed by atoms with Crippen LogP contribution < -0.4 is 4.74 Å². The summed E-state index contributed by atoms with van der Waals surface area (Å²) in [5.74, 6) is 0.657. The molecule has 0 aliphatic heterocycles. The van der Waals surface area contributed by atoms with Crippen LogP contribution in [0.5, 0.6) is 5.75 Å². The van der Waals surface area contributed by atoms with Crippen LogP contribution in [0.25, 0.3) is 10.1 Å². The molecule has 0 unspecified atom stereocenters. The summed E-state index contributed by atoms with van der Waals surface area (Å²) < 4.78 is 11.9. The molecular formula is C20H20O3S. The van der Waals surface area contributed by atoms with Gasteiger partial charge in [0, 0.05) is 16.0 Å². The van der Waals surface area contributed by atoms with Gasteiger partial charge in [-0.2, -0.15) is 0 Å². The molecule has 0 aliphatic carbocycles. The monoisotopic (exact) mass is 340 g/mol. The van der Waals surface area contributed by atoms with Crippen molar-refractivity contribution in [3.8, 4) is 5.75 Å². The van der Waals surface area contributed by atoms with E-state index < -0.39 is 0 Å². The Hall–Kier alpha value is -2.33. The molecule has 0 amide bonds. The molecule has 3 rings (SSSR count). The SMILES string of the molecule is COC(=O)CCc1ccc(OCc2sc3ccccc3c2C)cc1. The number of carbonyl (C=O) groups is 1. The van der Waals surface area contributed by atoms with E-state index >= 15 is 0 Å². The normalized spacial score (nSPS) is 10.8. The largest absolute Gasteiger partial charge is 0.488 e. The zero-order valence-electron chi connectivity index (χ0n) is 13.9. The number of fused-ring (bicyclic) bond motifs is 1. The number of rotatable bonds is 6. The predicted octanol–water partition coefficient (Wildman–Crippen LogP) is 4.89. The minimum Gasteiger partial charge on any atom is -0.488 e. The molecule has 0 N–H and O–H groups in total. The molecule has 3 nitrogen and oxygen atoms in total. The van der Waals surface area contributed by atoms with Crippen molar-refractivity contribution < 1.29 is 14.3 Å². The first-order valence-corrected chi connectivity index (χ1v) is 8.74. The molecule has 1 aromatic heterocycles. The highest BCUT2D eigenvalue weighted by atomic mass is 32.1. The van der Waals surface area contributed by atoms with Gasteiger partial charge in [-0.1, -0.05) is 30.3 Å². The van der Waals surface area contributed by atoms with Crippen molar-refractivity contribution in [3.05, 3.63) is 64.5 Å². The number of benzene rings is 2. The third kappa shape index (κ3) is 3.77. The molecular weight excluding hydrogens is 320 g/mol. The van der Waals surface area contributed by atoms with Crippen LogP contribution in [0.3, 0.4) is 0 Å². The molecule has 0 fully saturated rings. The van der Waals surface area contributed by atoms with Crippen LogP contribution in [-0.2, 0) is 22.6 Å². The van der Waals surface area contributed by atoms with Crippen molar-refractivity contribution in [1.82, 2.24) is 0 Å². The number of aryl methyl sites for hydroxylation is 2. The number of esters is 1. The molecule has 0 atom stereocenters. The molecule has 0 bridgehead atoms. The summed E-state index contributed by atoms with van der Waals surface area (Å²) in [5, 5.41) is 1.30. The quantitative estimate of drug-likeness (QED) is 0.599. The second-order valence-electron chi connectivity index (χ2n) is 5.66. The molecule has 0 aliphatic rings. The molecule has 124 valence electrons. The molecule has 0 saturated carbocycles. The fraction of sp³-hybridized carbons (Fsp3) is 0.250. The Morgan fingerprint density at radius 1 is 1.08 bits per heavy atom. The Kier molecular flexibility index (Phi) is 5.16. The number of ether oxygens (including phenoxy) is 2. The van der Waals surface area contributed by atoms with E-state index in [-0.39, 0.29) is 5.97 Å². The Morgan fingerprint density at radius 2 is 1.83 bits per heavy atom. The summed E-state index contributed by atoms with van der Waals surface area (Å²) in [7, 11) is 1.41. The van der Waals surface area contributed by atoms with Crippen molar-refractivity contribution in [3.63, 3.8) is 0 Å². The van der Waals surface area contributed by atoms with E-state index in [9.17, 15) is 4.79 Å². The molecule has 0 spiro atoms. The molecule has 2 aromatic carbocycles. The minimum atomic E-state index is -0.185. The number of methoxy groups -OCH3 is 1. The van der Waals surface area contributed by atoms with Gasteiger partial charge in [0.25, 0.3) is 0 Å². The molecule has 0 radical (unpaired) electrons. The summed E-state index contributed by atoms with van der Waals surface area (Å²) >= 11 is 1.78. The lowest BCUT2D eigenvalue weighted by Gasteiger charge is -2.07. The van der Waals surface area contributed by atoms with Crippen LogP contribution >= 0.6 is 11.3 Å². The van der Waals surface area contributed by atoms with Crippen LogP contribution in [0.1, 0.15) is 22.4 Å².